The van der Waals surface area contributed by atoms with Crippen LogP contribution >= 0.6 is 0 Å². The maximum atomic E-state index is 11.9. The number of benzene rings is 2. The fourth-order valence-electron chi connectivity index (χ4n) is 1.89. The van der Waals surface area contributed by atoms with Crippen LogP contribution in [0.15, 0.2) is 48.5 Å². The smallest absolute Gasteiger partial charge is 0.227 e. The summed E-state index contributed by atoms with van der Waals surface area (Å²) >= 11 is 0. The van der Waals surface area contributed by atoms with Gasteiger partial charge in [-0.2, -0.15) is 0 Å². The number of hydrogen-bond donors (Lipinski definition) is 1. The number of amides is 1. The van der Waals surface area contributed by atoms with Crippen molar-refractivity contribution in [1.29, 1.82) is 0 Å². The molecule has 0 saturated carbocycles. The minimum Gasteiger partial charge on any atom is -0.495 e. The van der Waals surface area contributed by atoms with Crippen molar-refractivity contribution in [3.8, 4) is 11.5 Å². The molecule has 2 aromatic rings. The lowest BCUT2D eigenvalue weighted by atomic mass is 10.2. The molecule has 2 rings (SSSR count). The van der Waals surface area contributed by atoms with Crippen molar-refractivity contribution in [3.63, 3.8) is 0 Å². The third-order valence-corrected chi connectivity index (χ3v) is 2.97. The number of aldehydes is 1. The lowest BCUT2D eigenvalue weighted by molar-refractivity contribution is -0.116. The Morgan fingerprint density at radius 2 is 1.95 bits per heavy atom. The molecule has 0 aliphatic carbocycles. The van der Waals surface area contributed by atoms with Crippen LogP contribution in [0.1, 0.15) is 16.8 Å². The van der Waals surface area contributed by atoms with Gasteiger partial charge in [0.25, 0.3) is 0 Å². The molecule has 0 spiro atoms. The molecular weight excluding hydrogens is 282 g/mol. The Balaban J connectivity index is 1.90. The van der Waals surface area contributed by atoms with Gasteiger partial charge in [-0.25, -0.2) is 0 Å². The minimum atomic E-state index is -0.211. The predicted molar refractivity (Wildman–Crippen MR) is 83.6 cm³/mol. The molecule has 0 bridgehead atoms. The number of ether oxygens (including phenoxy) is 2. The molecular formula is C17H17NO4. The maximum absolute atomic E-state index is 11.9. The molecule has 0 fully saturated rings. The summed E-state index contributed by atoms with van der Waals surface area (Å²) in [6.07, 6.45) is 0.914. The van der Waals surface area contributed by atoms with E-state index in [1.165, 1.54) is 7.11 Å². The molecule has 0 aliphatic heterocycles. The lowest BCUT2D eigenvalue weighted by Gasteiger charge is -2.11. The molecule has 0 aliphatic rings. The third kappa shape index (κ3) is 4.34. The van der Waals surface area contributed by atoms with Crippen LogP contribution in [-0.4, -0.2) is 25.9 Å². The van der Waals surface area contributed by atoms with Crippen molar-refractivity contribution in [2.45, 2.75) is 6.42 Å². The first kappa shape index (κ1) is 15.6. The number of carbonyl (C=O) groups excluding carboxylic acids is 2. The standard InChI is InChI=1S/C17H17NO4/c1-21-16-8-7-13(12-19)11-15(16)18-17(20)9-10-22-14-5-3-2-4-6-14/h2-8,11-12H,9-10H2,1H3,(H,18,20). The van der Waals surface area contributed by atoms with Crippen LogP contribution in [0, 0.1) is 0 Å². The topological polar surface area (TPSA) is 64.6 Å². The average Bonchev–Trinajstić information content (AvgIpc) is 2.55. The van der Waals surface area contributed by atoms with Crippen molar-refractivity contribution in [3.05, 3.63) is 54.1 Å². The molecule has 1 amide bonds. The number of anilines is 1. The monoisotopic (exact) mass is 299 g/mol. The molecule has 2 aromatic carbocycles. The molecule has 22 heavy (non-hydrogen) atoms. The highest BCUT2D eigenvalue weighted by atomic mass is 16.5. The fraction of sp³-hybridized carbons (Fsp3) is 0.176. The Morgan fingerprint density at radius 3 is 2.64 bits per heavy atom. The van der Waals surface area contributed by atoms with E-state index in [-0.39, 0.29) is 18.9 Å². The van der Waals surface area contributed by atoms with E-state index in [2.05, 4.69) is 5.32 Å². The van der Waals surface area contributed by atoms with Crippen LogP contribution in [0.3, 0.4) is 0 Å². The number of para-hydroxylation sites is 1. The van der Waals surface area contributed by atoms with Gasteiger partial charge in [0.15, 0.2) is 0 Å². The van der Waals surface area contributed by atoms with Crippen LogP contribution in [0.4, 0.5) is 5.69 Å². The van der Waals surface area contributed by atoms with E-state index in [0.29, 0.717) is 23.3 Å². The van der Waals surface area contributed by atoms with E-state index in [1.807, 2.05) is 30.3 Å². The van der Waals surface area contributed by atoms with Gasteiger partial charge in [0, 0.05) is 5.56 Å². The van der Waals surface area contributed by atoms with Gasteiger partial charge in [0.2, 0.25) is 5.91 Å². The fourth-order valence-corrected chi connectivity index (χ4v) is 1.89. The summed E-state index contributed by atoms with van der Waals surface area (Å²) in [5.41, 5.74) is 0.938. The van der Waals surface area contributed by atoms with Crippen molar-refractivity contribution in [1.82, 2.24) is 0 Å². The molecule has 114 valence electrons. The van der Waals surface area contributed by atoms with E-state index in [4.69, 9.17) is 9.47 Å². The zero-order valence-corrected chi connectivity index (χ0v) is 12.2. The van der Waals surface area contributed by atoms with Gasteiger partial charge in [-0.05, 0) is 30.3 Å². The van der Waals surface area contributed by atoms with Gasteiger partial charge in [-0.15, -0.1) is 0 Å². The number of rotatable bonds is 7. The highest BCUT2D eigenvalue weighted by molar-refractivity contribution is 5.93. The van der Waals surface area contributed by atoms with E-state index >= 15 is 0 Å². The third-order valence-electron chi connectivity index (χ3n) is 2.97. The van der Waals surface area contributed by atoms with Gasteiger partial charge in [0.1, 0.15) is 17.8 Å². The van der Waals surface area contributed by atoms with Crippen LogP contribution < -0.4 is 14.8 Å². The van der Waals surface area contributed by atoms with Crippen LogP contribution in [0.2, 0.25) is 0 Å². The summed E-state index contributed by atoms with van der Waals surface area (Å²) in [7, 11) is 1.50. The van der Waals surface area contributed by atoms with E-state index in [9.17, 15) is 9.59 Å². The first-order valence-corrected chi connectivity index (χ1v) is 6.84. The zero-order chi connectivity index (χ0) is 15.8. The molecule has 0 atom stereocenters. The highest BCUT2D eigenvalue weighted by Crippen LogP contribution is 2.25. The Labute approximate surface area is 128 Å². The molecule has 0 heterocycles. The summed E-state index contributed by atoms with van der Waals surface area (Å²) in [5.74, 6) is 1.01. The van der Waals surface area contributed by atoms with Gasteiger partial charge >= 0.3 is 0 Å². The Morgan fingerprint density at radius 1 is 1.18 bits per heavy atom. The molecule has 5 nitrogen and oxygen atoms in total. The SMILES string of the molecule is COc1ccc(C=O)cc1NC(=O)CCOc1ccccc1. The van der Waals surface area contributed by atoms with Crippen LogP contribution in [0.5, 0.6) is 11.5 Å². The molecule has 0 saturated heterocycles. The first-order valence-electron chi connectivity index (χ1n) is 6.84. The van der Waals surface area contributed by atoms with E-state index < -0.39 is 0 Å². The second-order valence-electron chi connectivity index (χ2n) is 4.54. The van der Waals surface area contributed by atoms with Crippen molar-refractivity contribution >= 4 is 17.9 Å². The second-order valence-corrected chi connectivity index (χ2v) is 4.54. The lowest BCUT2D eigenvalue weighted by Crippen LogP contribution is -2.16. The quantitative estimate of drug-likeness (QED) is 0.798. The summed E-state index contributed by atoms with van der Waals surface area (Å²) in [5, 5.41) is 2.72. The van der Waals surface area contributed by atoms with E-state index in [0.717, 1.165) is 5.75 Å². The number of carbonyl (C=O) groups is 2. The molecule has 5 heteroatoms. The number of methoxy groups -OCH3 is 1. The summed E-state index contributed by atoms with van der Waals surface area (Å²) < 4.78 is 10.6. The number of nitrogens with one attached hydrogen (secondary N) is 1. The van der Waals surface area contributed by atoms with Gasteiger partial charge in [0.05, 0.1) is 25.8 Å². The average molecular weight is 299 g/mol. The summed E-state index contributed by atoms with van der Waals surface area (Å²) in [4.78, 5) is 22.7. The van der Waals surface area contributed by atoms with Gasteiger partial charge < -0.3 is 14.8 Å². The van der Waals surface area contributed by atoms with Gasteiger partial charge in [-0.3, -0.25) is 9.59 Å². The van der Waals surface area contributed by atoms with E-state index in [1.54, 1.807) is 18.2 Å². The van der Waals surface area contributed by atoms with Crippen LogP contribution in [-0.2, 0) is 4.79 Å². The Bertz CT molecular complexity index is 640. The normalized spacial score (nSPS) is 9.86. The Kier molecular flexibility index (Phi) is 5.54. The summed E-state index contributed by atoms with van der Waals surface area (Å²) in [6, 6.07) is 14.1. The molecule has 0 aromatic heterocycles. The molecule has 1 N–H and O–H groups in total. The molecule has 0 unspecified atom stereocenters. The highest BCUT2D eigenvalue weighted by Gasteiger charge is 2.09. The Hall–Kier alpha value is -2.82. The largest absolute Gasteiger partial charge is 0.495 e. The summed E-state index contributed by atoms with van der Waals surface area (Å²) in [6.45, 7) is 0.269. The predicted octanol–water partition coefficient (Wildman–Crippen LogP) is 2.92. The maximum Gasteiger partial charge on any atom is 0.227 e. The van der Waals surface area contributed by atoms with Crippen molar-refractivity contribution < 1.29 is 19.1 Å². The van der Waals surface area contributed by atoms with Crippen molar-refractivity contribution in [2.24, 2.45) is 0 Å². The first-order chi connectivity index (χ1) is 10.7. The number of hydrogen-bond acceptors (Lipinski definition) is 4. The second kappa shape index (κ2) is 7.83. The minimum absolute atomic E-state index is 0.198. The molecule has 0 radical (unpaired) electrons. The van der Waals surface area contributed by atoms with Crippen LogP contribution in [0.25, 0.3) is 0 Å². The zero-order valence-electron chi connectivity index (χ0n) is 12.2. The van der Waals surface area contributed by atoms with Gasteiger partial charge in [-0.1, -0.05) is 18.2 Å². The van der Waals surface area contributed by atoms with Crippen molar-refractivity contribution in [2.75, 3.05) is 19.0 Å².